The lowest BCUT2D eigenvalue weighted by atomic mass is 10.2. The van der Waals surface area contributed by atoms with Crippen molar-refractivity contribution in [3.63, 3.8) is 0 Å². The van der Waals surface area contributed by atoms with Crippen molar-refractivity contribution in [2.75, 3.05) is 18.9 Å². The Bertz CT molecular complexity index is 472. The van der Waals surface area contributed by atoms with Gasteiger partial charge in [-0.05, 0) is 26.3 Å². The van der Waals surface area contributed by atoms with E-state index in [1.54, 1.807) is 14.0 Å². The van der Waals surface area contributed by atoms with Gasteiger partial charge in [-0.1, -0.05) is 18.7 Å². The van der Waals surface area contributed by atoms with E-state index in [0.29, 0.717) is 23.9 Å². The highest BCUT2D eigenvalue weighted by atomic mass is 32.2. The molecular formula is C12H22N4O3S. The number of nitrogens with one attached hydrogen (secondary N) is 2. The first-order valence-corrected chi connectivity index (χ1v) is 7.72. The predicted molar refractivity (Wildman–Crippen MR) is 77.9 cm³/mol. The summed E-state index contributed by atoms with van der Waals surface area (Å²) in [6.45, 7) is 4.99. The Morgan fingerprint density at radius 3 is 2.85 bits per heavy atom. The molecular weight excluding hydrogens is 280 g/mol. The van der Waals surface area contributed by atoms with Gasteiger partial charge in [0.05, 0.1) is 6.61 Å². The number of thioether (sulfide) groups is 1. The number of esters is 1. The van der Waals surface area contributed by atoms with Gasteiger partial charge in [0.15, 0.2) is 5.16 Å². The lowest BCUT2D eigenvalue weighted by molar-refractivity contribution is -0.145. The van der Waals surface area contributed by atoms with Crippen LogP contribution in [0.3, 0.4) is 0 Å². The molecule has 1 aromatic heterocycles. The number of rotatable bonds is 9. The Kier molecular flexibility index (Phi) is 7.38. The van der Waals surface area contributed by atoms with Crippen LogP contribution in [0.1, 0.15) is 26.7 Å². The third-order valence-electron chi connectivity index (χ3n) is 2.69. The zero-order valence-corrected chi connectivity index (χ0v) is 13.0. The quantitative estimate of drug-likeness (QED) is 0.511. The van der Waals surface area contributed by atoms with Crippen molar-refractivity contribution in [3.8, 4) is 0 Å². The molecule has 0 aliphatic heterocycles. The third kappa shape index (κ3) is 5.01. The molecule has 1 aromatic rings. The first-order chi connectivity index (χ1) is 9.60. The number of nitrogens with zero attached hydrogens (tertiary/aromatic N) is 2. The number of carbonyl (C=O) groups excluding carboxylic acids is 1. The maximum absolute atomic E-state index is 11.8. The Hall–Kier alpha value is -1.28. The number of aromatic amines is 1. The van der Waals surface area contributed by atoms with Gasteiger partial charge in [-0.2, -0.15) is 0 Å². The van der Waals surface area contributed by atoms with Crippen molar-refractivity contribution < 1.29 is 9.53 Å². The molecule has 0 bridgehead atoms. The van der Waals surface area contributed by atoms with Crippen molar-refractivity contribution >= 4 is 17.7 Å². The number of hydrogen-bond donors (Lipinski definition) is 2. The molecule has 2 N–H and O–H groups in total. The van der Waals surface area contributed by atoms with Gasteiger partial charge in [-0.3, -0.25) is 9.36 Å². The highest BCUT2D eigenvalue weighted by Crippen LogP contribution is 2.14. The largest absolute Gasteiger partial charge is 0.465 e. The van der Waals surface area contributed by atoms with Crippen LogP contribution in [-0.2, 0) is 16.6 Å². The zero-order chi connectivity index (χ0) is 15.0. The predicted octanol–water partition coefficient (Wildman–Crippen LogP) is 0.522. The van der Waals surface area contributed by atoms with Crippen LogP contribution >= 0.6 is 11.8 Å². The fourth-order valence-electron chi connectivity index (χ4n) is 1.59. The lowest BCUT2D eigenvalue weighted by Gasteiger charge is -2.16. The molecule has 0 aliphatic carbocycles. The minimum absolute atomic E-state index is 0.225. The molecule has 0 saturated carbocycles. The summed E-state index contributed by atoms with van der Waals surface area (Å²) in [5.41, 5.74) is -0.237. The summed E-state index contributed by atoms with van der Waals surface area (Å²) in [4.78, 5) is 23.0. The molecule has 1 atom stereocenters. The van der Waals surface area contributed by atoms with E-state index in [-0.39, 0.29) is 17.7 Å². The fraction of sp³-hybridized carbons (Fsp3) is 0.750. The van der Waals surface area contributed by atoms with Crippen LogP contribution in [0.2, 0.25) is 0 Å². The second-order valence-electron chi connectivity index (χ2n) is 4.27. The summed E-state index contributed by atoms with van der Waals surface area (Å²) in [6, 6.07) is -0.307. The standard InChI is InChI=1S/C12H22N4O3S/c1-4-7-13-9(10(17)19-5-2)6-8-20-12-15-14-11(18)16(12)3/h9,13H,4-8H2,1-3H3,(H,14,18). The van der Waals surface area contributed by atoms with Crippen LogP contribution in [0.4, 0.5) is 0 Å². The van der Waals surface area contributed by atoms with Gasteiger partial charge in [0.2, 0.25) is 0 Å². The molecule has 0 saturated heterocycles. The summed E-state index contributed by atoms with van der Waals surface area (Å²) in [5, 5.41) is 10.1. The van der Waals surface area contributed by atoms with Gasteiger partial charge in [-0.15, -0.1) is 5.10 Å². The van der Waals surface area contributed by atoms with E-state index in [1.165, 1.54) is 16.3 Å². The normalized spacial score (nSPS) is 12.3. The molecule has 8 heteroatoms. The van der Waals surface area contributed by atoms with E-state index < -0.39 is 0 Å². The number of hydrogen-bond acceptors (Lipinski definition) is 6. The topological polar surface area (TPSA) is 89.0 Å². The van der Waals surface area contributed by atoms with Gasteiger partial charge >= 0.3 is 11.7 Å². The number of aromatic nitrogens is 3. The highest BCUT2D eigenvalue weighted by molar-refractivity contribution is 7.99. The van der Waals surface area contributed by atoms with Crippen molar-refractivity contribution in [1.82, 2.24) is 20.1 Å². The van der Waals surface area contributed by atoms with Crippen molar-refractivity contribution in [2.24, 2.45) is 7.05 Å². The van der Waals surface area contributed by atoms with Gasteiger partial charge < -0.3 is 10.1 Å². The lowest BCUT2D eigenvalue weighted by Crippen LogP contribution is -2.39. The zero-order valence-electron chi connectivity index (χ0n) is 12.1. The first kappa shape index (κ1) is 16.8. The third-order valence-corrected chi connectivity index (χ3v) is 3.75. The average molecular weight is 302 g/mol. The SMILES string of the molecule is CCCNC(CCSc1n[nH]c(=O)n1C)C(=O)OCC. The van der Waals surface area contributed by atoms with Gasteiger partial charge in [0, 0.05) is 12.8 Å². The van der Waals surface area contributed by atoms with E-state index in [2.05, 4.69) is 15.5 Å². The van der Waals surface area contributed by atoms with Gasteiger partial charge in [-0.25, -0.2) is 9.89 Å². The molecule has 114 valence electrons. The van der Waals surface area contributed by atoms with Crippen LogP contribution in [0.15, 0.2) is 9.95 Å². The Labute approximate surface area is 122 Å². The van der Waals surface area contributed by atoms with E-state index >= 15 is 0 Å². The maximum atomic E-state index is 11.8. The average Bonchev–Trinajstić information content (AvgIpc) is 2.74. The van der Waals surface area contributed by atoms with E-state index in [1.807, 2.05) is 6.92 Å². The Morgan fingerprint density at radius 2 is 2.30 bits per heavy atom. The molecule has 20 heavy (non-hydrogen) atoms. The van der Waals surface area contributed by atoms with Gasteiger partial charge in [0.1, 0.15) is 6.04 Å². The summed E-state index contributed by atoms with van der Waals surface area (Å²) in [5.74, 6) is 0.454. The van der Waals surface area contributed by atoms with E-state index in [9.17, 15) is 9.59 Å². The Morgan fingerprint density at radius 1 is 1.55 bits per heavy atom. The molecule has 1 rings (SSSR count). The number of H-pyrrole nitrogens is 1. The second-order valence-corrected chi connectivity index (χ2v) is 5.33. The Balaban J connectivity index is 2.47. The van der Waals surface area contributed by atoms with Crippen molar-refractivity contribution in [1.29, 1.82) is 0 Å². The van der Waals surface area contributed by atoms with E-state index in [0.717, 1.165) is 13.0 Å². The molecule has 0 spiro atoms. The fourth-order valence-corrected chi connectivity index (χ4v) is 2.52. The monoisotopic (exact) mass is 302 g/mol. The summed E-state index contributed by atoms with van der Waals surface area (Å²) >= 11 is 1.44. The van der Waals surface area contributed by atoms with Crippen molar-refractivity contribution in [3.05, 3.63) is 10.5 Å². The van der Waals surface area contributed by atoms with Crippen LogP contribution < -0.4 is 11.0 Å². The summed E-state index contributed by atoms with van der Waals surface area (Å²) in [6.07, 6.45) is 1.58. The van der Waals surface area contributed by atoms with Crippen LogP contribution in [0.25, 0.3) is 0 Å². The van der Waals surface area contributed by atoms with Crippen LogP contribution in [0, 0.1) is 0 Å². The summed E-state index contributed by atoms with van der Waals surface area (Å²) in [7, 11) is 1.66. The molecule has 0 amide bonds. The molecule has 1 unspecified atom stereocenters. The number of carbonyl (C=O) groups is 1. The summed E-state index contributed by atoms with van der Waals surface area (Å²) < 4.78 is 6.49. The minimum atomic E-state index is -0.307. The molecule has 0 fully saturated rings. The first-order valence-electron chi connectivity index (χ1n) is 6.74. The molecule has 7 nitrogen and oxygen atoms in total. The molecule has 0 aliphatic rings. The molecule has 1 heterocycles. The highest BCUT2D eigenvalue weighted by Gasteiger charge is 2.19. The van der Waals surface area contributed by atoms with E-state index in [4.69, 9.17) is 4.74 Å². The maximum Gasteiger partial charge on any atom is 0.343 e. The smallest absolute Gasteiger partial charge is 0.343 e. The molecule has 0 radical (unpaired) electrons. The minimum Gasteiger partial charge on any atom is -0.465 e. The molecule has 0 aromatic carbocycles. The second kappa shape index (κ2) is 8.80. The van der Waals surface area contributed by atoms with Crippen LogP contribution in [0.5, 0.6) is 0 Å². The van der Waals surface area contributed by atoms with Crippen LogP contribution in [-0.4, -0.2) is 45.7 Å². The van der Waals surface area contributed by atoms with Crippen molar-refractivity contribution in [2.45, 2.75) is 37.9 Å². The number of ether oxygens (including phenoxy) is 1. The van der Waals surface area contributed by atoms with Gasteiger partial charge in [0.25, 0.3) is 0 Å².